The molecule has 0 fully saturated rings. The van der Waals surface area contributed by atoms with Gasteiger partial charge in [0.2, 0.25) is 11.8 Å². The van der Waals surface area contributed by atoms with Crippen LogP contribution < -0.4 is 5.32 Å². The van der Waals surface area contributed by atoms with E-state index in [9.17, 15) is 9.59 Å². The minimum Gasteiger partial charge on any atom is -0.351 e. The summed E-state index contributed by atoms with van der Waals surface area (Å²) in [6.07, 6.45) is 1.79. The van der Waals surface area contributed by atoms with Gasteiger partial charge in [-0.3, -0.25) is 9.59 Å². The maximum absolute atomic E-state index is 12.7. The van der Waals surface area contributed by atoms with Gasteiger partial charge < -0.3 is 10.2 Å². The molecule has 2 amide bonds. The molecule has 0 radical (unpaired) electrons. The van der Waals surface area contributed by atoms with Crippen LogP contribution in [0.5, 0.6) is 0 Å². The van der Waals surface area contributed by atoms with Gasteiger partial charge in [0.05, 0.1) is 0 Å². The Labute approximate surface area is 140 Å². The van der Waals surface area contributed by atoms with Crippen LogP contribution in [0.2, 0.25) is 0 Å². The number of hydrogen-bond acceptors (Lipinski definition) is 2. The molecule has 0 heterocycles. The number of benzene rings is 1. The van der Waals surface area contributed by atoms with E-state index >= 15 is 0 Å². The lowest BCUT2D eigenvalue weighted by Gasteiger charge is -2.31. The van der Waals surface area contributed by atoms with Gasteiger partial charge in [-0.15, -0.1) is 0 Å². The molecule has 128 valence electrons. The molecule has 0 saturated heterocycles. The van der Waals surface area contributed by atoms with Crippen molar-refractivity contribution in [2.45, 2.75) is 54.0 Å². The first-order chi connectivity index (χ1) is 10.8. The number of hydrogen-bond donors (Lipinski definition) is 1. The van der Waals surface area contributed by atoms with Crippen LogP contribution in [0.25, 0.3) is 0 Å². The zero-order valence-electron chi connectivity index (χ0n) is 15.1. The first kappa shape index (κ1) is 19.2. The fourth-order valence-electron chi connectivity index (χ4n) is 2.55. The molecular formula is C19H30N2O2. The molecule has 0 aliphatic carbocycles. The van der Waals surface area contributed by atoms with Crippen molar-refractivity contribution in [2.75, 3.05) is 13.1 Å². The Hall–Kier alpha value is -1.84. The van der Waals surface area contributed by atoms with Crippen LogP contribution in [0.4, 0.5) is 0 Å². The van der Waals surface area contributed by atoms with Gasteiger partial charge >= 0.3 is 0 Å². The number of nitrogens with zero attached hydrogens (tertiary/aromatic N) is 1. The molecule has 0 saturated carbocycles. The van der Waals surface area contributed by atoms with Gasteiger partial charge in [-0.25, -0.2) is 0 Å². The summed E-state index contributed by atoms with van der Waals surface area (Å²) < 4.78 is 0. The van der Waals surface area contributed by atoms with Crippen molar-refractivity contribution in [2.24, 2.45) is 5.41 Å². The highest BCUT2D eigenvalue weighted by Crippen LogP contribution is 2.20. The zero-order chi connectivity index (χ0) is 17.5. The SMILES string of the molecule is CCCN(CCC)C(=O)C(C)(C)C(=O)NCc1ccccc1C. The van der Waals surface area contributed by atoms with Crippen LogP contribution in [0.1, 0.15) is 51.7 Å². The topological polar surface area (TPSA) is 49.4 Å². The molecule has 4 nitrogen and oxygen atoms in total. The minimum absolute atomic E-state index is 0.0940. The summed E-state index contributed by atoms with van der Waals surface area (Å²) in [6, 6.07) is 7.93. The van der Waals surface area contributed by atoms with E-state index in [1.807, 2.05) is 45.0 Å². The lowest BCUT2D eigenvalue weighted by Crippen LogP contribution is -2.49. The van der Waals surface area contributed by atoms with Crippen LogP contribution in [0, 0.1) is 12.3 Å². The Balaban J connectivity index is 2.75. The third-order valence-electron chi connectivity index (χ3n) is 4.08. The summed E-state index contributed by atoms with van der Waals surface area (Å²) >= 11 is 0. The Morgan fingerprint density at radius 2 is 1.65 bits per heavy atom. The molecule has 1 aromatic carbocycles. The fourth-order valence-corrected chi connectivity index (χ4v) is 2.55. The molecule has 0 aromatic heterocycles. The summed E-state index contributed by atoms with van der Waals surface area (Å²) in [6.45, 7) is 11.4. The monoisotopic (exact) mass is 318 g/mol. The van der Waals surface area contributed by atoms with Crippen molar-refractivity contribution >= 4 is 11.8 Å². The van der Waals surface area contributed by atoms with Gasteiger partial charge in [0.15, 0.2) is 0 Å². The van der Waals surface area contributed by atoms with Crippen LogP contribution in [-0.2, 0) is 16.1 Å². The first-order valence-corrected chi connectivity index (χ1v) is 8.46. The van der Waals surface area contributed by atoms with E-state index in [2.05, 4.69) is 5.32 Å². The van der Waals surface area contributed by atoms with E-state index in [0.717, 1.165) is 24.0 Å². The predicted octanol–water partition coefficient (Wildman–Crippen LogP) is 3.29. The average Bonchev–Trinajstić information content (AvgIpc) is 2.52. The van der Waals surface area contributed by atoms with E-state index in [-0.39, 0.29) is 11.8 Å². The standard InChI is InChI=1S/C19H30N2O2/c1-6-12-21(13-7-2)18(23)19(4,5)17(22)20-14-16-11-9-8-10-15(16)3/h8-11H,6-7,12-14H2,1-5H3,(H,20,22). The van der Waals surface area contributed by atoms with Gasteiger partial charge in [0.1, 0.15) is 5.41 Å². The minimum atomic E-state index is -1.05. The highest BCUT2D eigenvalue weighted by Gasteiger charge is 2.38. The van der Waals surface area contributed by atoms with Gasteiger partial charge in [-0.05, 0) is 44.7 Å². The predicted molar refractivity (Wildman–Crippen MR) is 94.0 cm³/mol. The number of rotatable bonds is 8. The molecule has 1 aromatic rings. The molecule has 0 aliphatic rings. The smallest absolute Gasteiger partial charge is 0.237 e. The molecule has 0 bridgehead atoms. The fraction of sp³-hybridized carbons (Fsp3) is 0.579. The number of nitrogens with one attached hydrogen (secondary N) is 1. The van der Waals surface area contributed by atoms with Crippen molar-refractivity contribution in [3.8, 4) is 0 Å². The average molecular weight is 318 g/mol. The lowest BCUT2D eigenvalue weighted by atomic mass is 9.90. The molecule has 0 unspecified atom stereocenters. The van der Waals surface area contributed by atoms with Crippen LogP contribution >= 0.6 is 0 Å². The van der Waals surface area contributed by atoms with Crippen LogP contribution in [0.15, 0.2) is 24.3 Å². The molecule has 0 aliphatic heterocycles. The molecule has 4 heteroatoms. The number of carbonyl (C=O) groups excluding carboxylic acids is 2. The highest BCUT2D eigenvalue weighted by atomic mass is 16.2. The van der Waals surface area contributed by atoms with Crippen molar-refractivity contribution in [1.29, 1.82) is 0 Å². The largest absolute Gasteiger partial charge is 0.351 e. The van der Waals surface area contributed by atoms with Crippen molar-refractivity contribution < 1.29 is 9.59 Å². The normalized spacial score (nSPS) is 11.2. The van der Waals surface area contributed by atoms with Gasteiger partial charge in [0, 0.05) is 19.6 Å². The third-order valence-corrected chi connectivity index (χ3v) is 4.08. The summed E-state index contributed by atoms with van der Waals surface area (Å²) in [5.74, 6) is -0.313. The molecular weight excluding hydrogens is 288 g/mol. The van der Waals surface area contributed by atoms with E-state index in [4.69, 9.17) is 0 Å². The number of carbonyl (C=O) groups is 2. The maximum atomic E-state index is 12.7. The van der Waals surface area contributed by atoms with E-state index in [1.165, 1.54) is 0 Å². The van der Waals surface area contributed by atoms with E-state index in [0.29, 0.717) is 19.6 Å². The Bertz CT molecular complexity index is 532. The van der Waals surface area contributed by atoms with E-state index < -0.39 is 5.41 Å². The summed E-state index contributed by atoms with van der Waals surface area (Å²) in [7, 11) is 0. The van der Waals surface area contributed by atoms with Crippen molar-refractivity contribution in [3.05, 3.63) is 35.4 Å². The summed E-state index contributed by atoms with van der Waals surface area (Å²) in [4.78, 5) is 27.1. The second kappa shape index (κ2) is 8.70. The second-order valence-corrected chi connectivity index (χ2v) is 6.53. The summed E-state index contributed by atoms with van der Waals surface area (Å²) in [5.41, 5.74) is 1.16. The second-order valence-electron chi connectivity index (χ2n) is 6.53. The Kier molecular flexibility index (Phi) is 7.27. The van der Waals surface area contributed by atoms with Gasteiger partial charge in [-0.2, -0.15) is 0 Å². The lowest BCUT2D eigenvalue weighted by molar-refractivity contribution is -0.148. The molecule has 1 rings (SSSR count). The molecule has 0 spiro atoms. The van der Waals surface area contributed by atoms with Crippen LogP contribution in [0.3, 0.4) is 0 Å². The summed E-state index contributed by atoms with van der Waals surface area (Å²) in [5, 5.41) is 2.91. The van der Waals surface area contributed by atoms with Crippen LogP contribution in [-0.4, -0.2) is 29.8 Å². The third kappa shape index (κ3) is 5.08. The molecule has 0 atom stereocenters. The highest BCUT2D eigenvalue weighted by molar-refractivity contribution is 6.04. The Morgan fingerprint density at radius 3 is 2.17 bits per heavy atom. The molecule has 1 N–H and O–H groups in total. The zero-order valence-corrected chi connectivity index (χ0v) is 15.1. The van der Waals surface area contributed by atoms with Gasteiger partial charge in [-0.1, -0.05) is 38.1 Å². The van der Waals surface area contributed by atoms with Gasteiger partial charge in [0.25, 0.3) is 0 Å². The number of aryl methyl sites for hydroxylation is 1. The first-order valence-electron chi connectivity index (χ1n) is 8.46. The maximum Gasteiger partial charge on any atom is 0.237 e. The molecule has 23 heavy (non-hydrogen) atoms. The Morgan fingerprint density at radius 1 is 1.09 bits per heavy atom. The number of amides is 2. The van der Waals surface area contributed by atoms with Crippen molar-refractivity contribution in [3.63, 3.8) is 0 Å². The van der Waals surface area contributed by atoms with E-state index in [1.54, 1.807) is 18.7 Å². The van der Waals surface area contributed by atoms with Crippen molar-refractivity contribution in [1.82, 2.24) is 10.2 Å². The quantitative estimate of drug-likeness (QED) is 0.748.